The maximum atomic E-state index is 8.07. The van der Waals surface area contributed by atoms with E-state index >= 15 is 0 Å². The minimum atomic E-state index is -0.556. The van der Waals surface area contributed by atoms with Crippen molar-refractivity contribution in [1.82, 2.24) is 0 Å². The van der Waals surface area contributed by atoms with Gasteiger partial charge in [0.2, 0.25) is 0 Å². The summed E-state index contributed by atoms with van der Waals surface area (Å²) in [6, 6.07) is 0. The molecule has 0 rings (SSSR count). The van der Waals surface area contributed by atoms with E-state index in [0.29, 0.717) is 6.61 Å². The molecule has 0 fully saturated rings. The number of halogens is 2. The number of aliphatic hydroxyl groups is 1. The van der Waals surface area contributed by atoms with Gasteiger partial charge in [0.05, 0.1) is 0 Å². The predicted octanol–water partition coefficient (Wildman–Crippen LogP) is 2.16. The summed E-state index contributed by atoms with van der Waals surface area (Å²) in [6.07, 6.45) is 2.04. The van der Waals surface area contributed by atoms with Crippen molar-refractivity contribution in [2.24, 2.45) is 0 Å². The van der Waals surface area contributed by atoms with Crippen LogP contribution in [0.2, 0.25) is 0 Å². The monoisotopic (exact) mass is 192 g/mol. The van der Waals surface area contributed by atoms with E-state index in [-0.39, 0.29) is 0 Å². The molecule has 0 atom stereocenters. The molecular formula is C4H10Cl2OTi. The van der Waals surface area contributed by atoms with Crippen molar-refractivity contribution in [3.63, 3.8) is 0 Å². The Kier molecular flexibility index (Phi) is 23.6. The Balaban J connectivity index is 0. The molecule has 0 saturated heterocycles. The van der Waals surface area contributed by atoms with Gasteiger partial charge in [-0.05, 0) is 6.42 Å². The van der Waals surface area contributed by atoms with Crippen LogP contribution >= 0.6 is 18.6 Å². The quantitative estimate of drug-likeness (QED) is 0.666. The Bertz CT molecular complexity index is 28.0. The van der Waals surface area contributed by atoms with E-state index in [1.54, 1.807) is 0 Å². The molecule has 0 unspecified atom stereocenters. The molecule has 8 heavy (non-hydrogen) atoms. The van der Waals surface area contributed by atoms with Crippen LogP contribution in [0.1, 0.15) is 19.8 Å². The van der Waals surface area contributed by atoms with Crippen LogP contribution in [0.15, 0.2) is 0 Å². The normalized spacial score (nSPS) is 7.00. The Hall–Kier alpha value is 1.25. The van der Waals surface area contributed by atoms with Crippen molar-refractivity contribution in [2.45, 2.75) is 19.8 Å². The molecule has 0 radical (unpaired) electrons. The summed E-state index contributed by atoms with van der Waals surface area (Å²) in [6.45, 7) is 2.40. The van der Waals surface area contributed by atoms with Gasteiger partial charge < -0.3 is 5.11 Å². The Morgan fingerprint density at radius 1 is 1.50 bits per heavy atom. The number of unbranched alkanes of at least 4 members (excludes halogenated alkanes) is 1. The van der Waals surface area contributed by atoms with E-state index < -0.39 is 17.0 Å². The van der Waals surface area contributed by atoms with Gasteiger partial charge in [-0.25, -0.2) is 0 Å². The molecular weight excluding hydrogens is 183 g/mol. The number of hydrogen-bond donors (Lipinski definition) is 1. The van der Waals surface area contributed by atoms with E-state index in [0.717, 1.165) is 12.8 Å². The van der Waals surface area contributed by atoms with Crippen LogP contribution in [0.4, 0.5) is 0 Å². The van der Waals surface area contributed by atoms with Gasteiger partial charge in [-0.2, -0.15) is 0 Å². The first-order valence-electron chi connectivity index (χ1n) is 2.40. The second-order valence-electron chi connectivity index (χ2n) is 1.15. The molecule has 0 aromatic rings. The SMILES string of the molecule is CCCCO.[Cl][Ti][Cl]. The van der Waals surface area contributed by atoms with Crippen LogP contribution in [0.25, 0.3) is 0 Å². The molecule has 0 saturated carbocycles. The zero-order valence-electron chi connectivity index (χ0n) is 4.82. The summed E-state index contributed by atoms with van der Waals surface area (Å²) in [5, 5.41) is 8.07. The van der Waals surface area contributed by atoms with Crippen LogP contribution in [-0.2, 0) is 17.0 Å². The third-order valence-electron chi connectivity index (χ3n) is 0.512. The molecule has 50 valence electrons. The molecule has 0 aromatic heterocycles. The third-order valence-corrected chi connectivity index (χ3v) is 0.512. The summed E-state index contributed by atoms with van der Waals surface area (Å²) in [7, 11) is 9.78. The molecule has 1 N–H and O–H groups in total. The van der Waals surface area contributed by atoms with Gasteiger partial charge in [0, 0.05) is 6.61 Å². The summed E-state index contributed by atoms with van der Waals surface area (Å²) in [4.78, 5) is 0. The average molecular weight is 193 g/mol. The average Bonchev–Trinajstić information content (AvgIpc) is 1.71. The van der Waals surface area contributed by atoms with Crippen LogP contribution in [0, 0.1) is 0 Å². The summed E-state index contributed by atoms with van der Waals surface area (Å²) >= 11 is -0.556. The van der Waals surface area contributed by atoms with Gasteiger partial charge >= 0.3 is 35.6 Å². The topological polar surface area (TPSA) is 20.2 Å². The van der Waals surface area contributed by atoms with Crippen molar-refractivity contribution in [2.75, 3.05) is 6.61 Å². The zero-order chi connectivity index (χ0) is 6.83. The number of hydrogen-bond acceptors (Lipinski definition) is 1. The van der Waals surface area contributed by atoms with Gasteiger partial charge in [0.1, 0.15) is 0 Å². The second kappa shape index (κ2) is 15.7. The first-order chi connectivity index (χ1) is 3.83. The van der Waals surface area contributed by atoms with E-state index in [4.69, 9.17) is 23.7 Å². The Morgan fingerprint density at radius 3 is 1.88 bits per heavy atom. The minimum absolute atomic E-state index is 0.344. The molecule has 0 spiro atoms. The molecule has 4 heteroatoms. The van der Waals surface area contributed by atoms with Gasteiger partial charge in [-0.15, -0.1) is 0 Å². The second-order valence-corrected chi connectivity index (χ2v) is 3.73. The van der Waals surface area contributed by atoms with Gasteiger partial charge in [0.15, 0.2) is 0 Å². The van der Waals surface area contributed by atoms with Crippen LogP contribution in [-0.4, -0.2) is 11.7 Å². The van der Waals surface area contributed by atoms with Crippen LogP contribution in [0.3, 0.4) is 0 Å². The van der Waals surface area contributed by atoms with Crippen molar-refractivity contribution >= 4 is 18.6 Å². The van der Waals surface area contributed by atoms with E-state index in [1.165, 1.54) is 0 Å². The molecule has 0 amide bonds. The first kappa shape index (κ1) is 12.0. The fraction of sp³-hybridized carbons (Fsp3) is 1.00. The first-order valence-corrected chi connectivity index (χ1v) is 6.70. The van der Waals surface area contributed by atoms with Gasteiger partial charge in [-0.3, -0.25) is 0 Å². The van der Waals surface area contributed by atoms with Crippen molar-refractivity contribution < 1.29 is 22.1 Å². The van der Waals surface area contributed by atoms with E-state index in [1.807, 2.05) is 0 Å². The fourth-order valence-corrected chi connectivity index (χ4v) is 0.158. The Labute approximate surface area is 67.1 Å². The van der Waals surface area contributed by atoms with Crippen molar-refractivity contribution in [1.29, 1.82) is 0 Å². The number of aliphatic hydroxyl groups excluding tert-OH is 1. The van der Waals surface area contributed by atoms with Crippen molar-refractivity contribution in [3.05, 3.63) is 0 Å². The number of rotatable bonds is 2. The standard InChI is InChI=1S/C4H10O.2ClH.Ti/c1-2-3-4-5;;;/h5H,2-4H2,1H3;2*1H;/q;;;+2/p-2. The van der Waals surface area contributed by atoms with E-state index in [2.05, 4.69) is 6.92 Å². The summed E-state index contributed by atoms with van der Waals surface area (Å²) in [5.74, 6) is 0. The van der Waals surface area contributed by atoms with Crippen LogP contribution < -0.4 is 0 Å². The molecule has 0 aliphatic heterocycles. The van der Waals surface area contributed by atoms with Gasteiger partial charge in [-0.1, -0.05) is 13.3 Å². The van der Waals surface area contributed by atoms with E-state index in [9.17, 15) is 0 Å². The molecule has 0 aromatic carbocycles. The Morgan fingerprint density at radius 2 is 1.88 bits per heavy atom. The molecule has 1 nitrogen and oxygen atoms in total. The third kappa shape index (κ3) is 26.8. The zero-order valence-corrected chi connectivity index (χ0v) is 7.90. The summed E-state index contributed by atoms with van der Waals surface area (Å²) in [5.41, 5.74) is 0. The van der Waals surface area contributed by atoms with Crippen LogP contribution in [0.5, 0.6) is 0 Å². The van der Waals surface area contributed by atoms with Crippen molar-refractivity contribution in [3.8, 4) is 0 Å². The van der Waals surface area contributed by atoms with Gasteiger partial charge in [0.25, 0.3) is 0 Å². The predicted molar refractivity (Wildman–Crippen MR) is 33.7 cm³/mol. The fourth-order valence-electron chi connectivity index (χ4n) is 0.158. The maximum absolute atomic E-state index is 8.07. The molecule has 0 bridgehead atoms. The summed E-state index contributed by atoms with van der Waals surface area (Å²) < 4.78 is 0. The molecule has 0 aliphatic rings. The molecule has 0 aliphatic carbocycles. The molecule has 0 heterocycles.